The minimum Gasteiger partial charge on any atom is -0.383 e. The first-order valence-corrected chi connectivity index (χ1v) is 4.59. The number of anilines is 2. The van der Waals surface area contributed by atoms with Crippen LogP contribution in [0.4, 0.5) is 20.2 Å². The maximum atomic E-state index is 13.5. The van der Waals surface area contributed by atoms with Crippen LogP contribution >= 0.6 is 0 Å². The summed E-state index contributed by atoms with van der Waals surface area (Å²) in [6, 6.07) is 1.96. The molecule has 80 valence electrons. The summed E-state index contributed by atoms with van der Waals surface area (Å²) in [5.41, 5.74) is 0.430. The molecule has 0 aliphatic carbocycles. The Morgan fingerprint density at radius 1 is 1.40 bits per heavy atom. The van der Waals surface area contributed by atoms with Crippen molar-refractivity contribution in [3.63, 3.8) is 0 Å². The predicted octanol–water partition coefficient (Wildman–Crippen LogP) is 1.74. The molecular weight excluding hydrogens is 202 g/mol. The highest BCUT2D eigenvalue weighted by atomic mass is 19.1. The molecule has 5 heteroatoms. The Balaban J connectivity index is 2.58. The molecule has 1 N–H and O–H groups in total. The van der Waals surface area contributed by atoms with Crippen molar-refractivity contribution in [1.29, 1.82) is 0 Å². The number of rotatable bonds is 0. The Bertz CT molecular complexity index is 420. The lowest BCUT2D eigenvalue weighted by Crippen LogP contribution is -2.26. The third-order valence-electron chi connectivity index (χ3n) is 2.39. The van der Waals surface area contributed by atoms with E-state index in [2.05, 4.69) is 5.32 Å². The lowest BCUT2D eigenvalue weighted by Gasteiger charge is -2.17. The first kappa shape index (κ1) is 9.89. The third kappa shape index (κ3) is 1.65. The zero-order valence-corrected chi connectivity index (χ0v) is 8.18. The Morgan fingerprint density at radius 2 is 2.13 bits per heavy atom. The molecule has 1 aromatic rings. The van der Waals surface area contributed by atoms with Crippen LogP contribution in [-0.4, -0.2) is 19.5 Å². The molecule has 1 aromatic carbocycles. The average molecular weight is 212 g/mol. The molecule has 0 saturated carbocycles. The van der Waals surface area contributed by atoms with Crippen molar-refractivity contribution < 1.29 is 13.6 Å². The van der Waals surface area contributed by atoms with E-state index in [1.807, 2.05) is 0 Å². The van der Waals surface area contributed by atoms with Gasteiger partial charge in [-0.15, -0.1) is 0 Å². The number of hydrogen-bond acceptors (Lipinski definition) is 2. The second-order valence-corrected chi connectivity index (χ2v) is 3.41. The van der Waals surface area contributed by atoms with E-state index in [1.54, 1.807) is 0 Å². The van der Waals surface area contributed by atoms with E-state index in [9.17, 15) is 13.6 Å². The van der Waals surface area contributed by atoms with Crippen molar-refractivity contribution in [3.05, 3.63) is 23.8 Å². The fourth-order valence-corrected chi connectivity index (χ4v) is 1.64. The molecule has 0 spiro atoms. The summed E-state index contributed by atoms with van der Waals surface area (Å²) in [5, 5.41) is 2.83. The van der Waals surface area contributed by atoms with Crippen LogP contribution in [-0.2, 0) is 4.79 Å². The van der Waals surface area contributed by atoms with Crippen LogP contribution < -0.4 is 10.2 Å². The highest BCUT2D eigenvalue weighted by Gasteiger charge is 2.22. The van der Waals surface area contributed by atoms with Crippen molar-refractivity contribution in [2.45, 2.75) is 6.42 Å². The van der Waals surface area contributed by atoms with Gasteiger partial charge >= 0.3 is 0 Å². The topological polar surface area (TPSA) is 32.3 Å². The van der Waals surface area contributed by atoms with Gasteiger partial charge in [-0.05, 0) is 6.07 Å². The van der Waals surface area contributed by atoms with Crippen LogP contribution in [0.5, 0.6) is 0 Å². The Kier molecular flexibility index (Phi) is 2.30. The van der Waals surface area contributed by atoms with E-state index in [0.717, 1.165) is 6.07 Å². The molecule has 0 saturated heterocycles. The molecule has 2 rings (SSSR count). The van der Waals surface area contributed by atoms with Crippen molar-refractivity contribution >= 4 is 17.3 Å². The zero-order valence-electron chi connectivity index (χ0n) is 8.18. The fourth-order valence-electron chi connectivity index (χ4n) is 1.64. The second kappa shape index (κ2) is 3.49. The first-order valence-electron chi connectivity index (χ1n) is 4.59. The Morgan fingerprint density at radius 3 is 2.87 bits per heavy atom. The van der Waals surface area contributed by atoms with Crippen molar-refractivity contribution in [3.8, 4) is 0 Å². The van der Waals surface area contributed by atoms with E-state index in [1.165, 1.54) is 18.0 Å². The van der Waals surface area contributed by atoms with Crippen molar-refractivity contribution in [2.24, 2.45) is 0 Å². The third-order valence-corrected chi connectivity index (χ3v) is 2.39. The zero-order chi connectivity index (χ0) is 11.0. The van der Waals surface area contributed by atoms with Crippen LogP contribution in [0.3, 0.4) is 0 Å². The molecule has 0 bridgehead atoms. The van der Waals surface area contributed by atoms with E-state index in [4.69, 9.17) is 0 Å². The van der Waals surface area contributed by atoms with Crippen LogP contribution in [0.1, 0.15) is 6.42 Å². The van der Waals surface area contributed by atoms with Gasteiger partial charge < -0.3 is 10.2 Å². The van der Waals surface area contributed by atoms with E-state index in [0.29, 0.717) is 12.2 Å². The van der Waals surface area contributed by atoms with Gasteiger partial charge in [-0.1, -0.05) is 0 Å². The molecule has 0 atom stereocenters. The van der Waals surface area contributed by atoms with Gasteiger partial charge in [0.05, 0.1) is 5.69 Å². The normalized spacial score (nSPS) is 15.7. The molecule has 0 fully saturated rings. The molecule has 3 nitrogen and oxygen atoms in total. The average Bonchev–Trinajstić information content (AvgIpc) is 2.27. The van der Waals surface area contributed by atoms with E-state index >= 15 is 0 Å². The maximum absolute atomic E-state index is 13.5. The second-order valence-electron chi connectivity index (χ2n) is 3.41. The minimum atomic E-state index is -0.727. The first-order chi connectivity index (χ1) is 7.09. The quantitative estimate of drug-likeness (QED) is 0.710. The number of fused-ring (bicyclic) bond motifs is 1. The van der Waals surface area contributed by atoms with Crippen LogP contribution in [0.15, 0.2) is 12.1 Å². The van der Waals surface area contributed by atoms with Gasteiger partial charge in [-0.2, -0.15) is 0 Å². The Labute approximate surface area is 85.7 Å². The lowest BCUT2D eigenvalue weighted by molar-refractivity contribution is -0.118. The molecule has 0 radical (unpaired) electrons. The predicted molar refractivity (Wildman–Crippen MR) is 52.9 cm³/mol. The highest BCUT2D eigenvalue weighted by molar-refractivity contribution is 5.97. The van der Waals surface area contributed by atoms with Gasteiger partial charge in [0.25, 0.3) is 0 Å². The SMILES string of the molecule is CN1C(=O)CCNc2cc(F)cc(F)c21. The standard InChI is InChI=1S/C10H10F2N2O/c1-14-9(15)2-3-13-8-5-6(11)4-7(12)10(8)14/h4-5,13H,2-3H2,1H3. The number of amides is 1. The number of carbonyl (C=O) groups excluding carboxylic acids is 1. The number of halogens is 2. The number of nitrogens with one attached hydrogen (secondary N) is 1. The van der Waals surface area contributed by atoms with Gasteiger partial charge in [0, 0.05) is 26.1 Å². The summed E-state index contributed by atoms with van der Waals surface area (Å²) >= 11 is 0. The molecule has 1 aliphatic heterocycles. The summed E-state index contributed by atoms with van der Waals surface area (Å²) in [5.74, 6) is -1.57. The highest BCUT2D eigenvalue weighted by Crippen LogP contribution is 2.31. The number of benzene rings is 1. The maximum Gasteiger partial charge on any atom is 0.228 e. The molecule has 0 aromatic heterocycles. The van der Waals surface area contributed by atoms with E-state index < -0.39 is 11.6 Å². The van der Waals surface area contributed by atoms with Gasteiger partial charge in [0.15, 0.2) is 5.82 Å². The summed E-state index contributed by atoms with van der Waals surface area (Å²) < 4.78 is 26.4. The van der Waals surface area contributed by atoms with Gasteiger partial charge in [-0.3, -0.25) is 4.79 Å². The smallest absolute Gasteiger partial charge is 0.228 e. The summed E-state index contributed by atoms with van der Waals surface area (Å²) in [6.45, 7) is 0.388. The summed E-state index contributed by atoms with van der Waals surface area (Å²) in [6.07, 6.45) is 0.270. The minimum absolute atomic E-state index is 0.110. The lowest BCUT2D eigenvalue weighted by atomic mass is 10.2. The van der Waals surface area contributed by atoms with Crippen molar-refractivity contribution in [1.82, 2.24) is 0 Å². The molecule has 0 unspecified atom stereocenters. The van der Waals surface area contributed by atoms with Crippen LogP contribution in [0, 0.1) is 11.6 Å². The van der Waals surface area contributed by atoms with Gasteiger partial charge in [0.2, 0.25) is 5.91 Å². The van der Waals surface area contributed by atoms with Gasteiger partial charge in [0.1, 0.15) is 11.5 Å². The van der Waals surface area contributed by atoms with Crippen LogP contribution in [0.25, 0.3) is 0 Å². The molecular formula is C10H10F2N2O. The fraction of sp³-hybridized carbons (Fsp3) is 0.300. The van der Waals surface area contributed by atoms with E-state index in [-0.39, 0.29) is 18.0 Å². The molecule has 1 heterocycles. The largest absolute Gasteiger partial charge is 0.383 e. The summed E-state index contributed by atoms with van der Waals surface area (Å²) in [7, 11) is 1.48. The Hall–Kier alpha value is -1.65. The molecule has 15 heavy (non-hydrogen) atoms. The molecule has 1 amide bonds. The number of nitrogens with zero attached hydrogens (tertiary/aromatic N) is 1. The van der Waals surface area contributed by atoms with Gasteiger partial charge in [-0.25, -0.2) is 8.78 Å². The summed E-state index contributed by atoms with van der Waals surface area (Å²) in [4.78, 5) is 12.7. The number of hydrogen-bond donors (Lipinski definition) is 1. The van der Waals surface area contributed by atoms with Crippen molar-refractivity contribution in [2.75, 3.05) is 23.8 Å². The molecule has 1 aliphatic rings. The van der Waals surface area contributed by atoms with Crippen LogP contribution in [0.2, 0.25) is 0 Å². The number of carbonyl (C=O) groups is 1. The monoisotopic (exact) mass is 212 g/mol.